The van der Waals surface area contributed by atoms with Gasteiger partial charge < -0.3 is 20.1 Å². The summed E-state index contributed by atoms with van der Waals surface area (Å²) >= 11 is 0. The van der Waals surface area contributed by atoms with Gasteiger partial charge in [-0.25, -0.2) is 4.98 Å². The van der Waals surface area contributed by atoms with Gasteiger partial charge in [-0.1, -0.05) is 0 Å². The zero-order chi connectivity index (χ0) is 19.8. The van der Waals surface area contributed by atoms with Crippen LogP contribution in [0.2, 0.25) is 0 Å². The number of carbonyl (C=O) groups excluding carboxylic acids is 2. The first-order valence-electron chi connectivity index (χ1n) is 9.40. The second kappa shape index (κ2) is 7.31. The maximum Gasteiger partial charge on any atom is 0.240 e. The second-order valence-corrected chi connectivity index (χ2v) is 8.33. The average molecular weight is 371 g/mol. The lowest BCUT2D eigenvalue weighted by atomic mass is 10.1. The van der Waals surface area contributed by atoms with E-state index < -0.39 is 0 Å². The number of benzene rings is 1. The summed E-state index contributed by atoms with van der Waals surface area (Å²) in [5, 5.41) is 6.09. The number of hydrogen-bond acceptors (Lipinski definition) is 4. The molecule has 1 aliphatic rings. The Morgan fingerprint density at radius 2 is 1.96 bits per heavy atom. The van der Waals surface area contributed by atoms with Gasteiger partial charge in [0.25, 0.3) is 0 Å². The third kappa shape index (κ3) is 4.47. The van der Waals surface area contributed by atoms with Gasteiger partial charge in [0.15, 0.2) is 0 Å². The van der Waals surface area contributed by atoms with E-state index in [4.69, 9.17) is 4.98 Å². The lowest BCUT2D eigenvalue weighted by molar-refractivity contribution is -0.132. The Morgan fingerprint density at radius 3 is 2.63 bits per heavy atom. The number of fused-ring (bicyclic) bond motifs is 1. The van der Waals surface area contributed by atoms with Crippen molar-refractivity contribution in [1.82, 2.24) is 25.1 Å². The van der Waals surface area contributed by atoms with Crippen LogP contribution in [0.1, 0.15) is 37.7 Å². The highest BCUT2D eigenvalue weighted by atomic mass is 16.2. The number of nitrogens with one attached hydrogen (secondary N) is 2. The molecule has 27 heavy (non-hydrogen) atoms. The monoisotopic (exact) mass is 371 g/mol. The smallest absolute Gasteiger partial charge is 0.240 e. The van der Waals surface area contributed by atoms with Crippen LogP contribution in [0.5, 0.6) is 0 Å². The van der Waals surface area contributed by atoms with Crippen molar-refractivity contribution in [2.75, 3.05) is 19.6 Å². The molecule has 0 saturated carbocycles. The quantitative estimate of drug-likeness (QED) is 0.854. The van der Waals surface area contributed by atoms with Crippen molar-refractivity contribution in [2.45, 2.75) is 53.2 Å². The van der Waals surface area contributed by atoms with Gasteiger partial charge in [0.1, 0.15) is 12.4 Å². The van der Waals surface area contributed by atoms with E-state index in [1.807, 2.05) is 31.4 Å². The van der Waals surface area contributed by atoms with Crippen LogP contribution >= 0.6 is 0 Å². The molecule has 7 heteroatoms. The Hall–Kier alpha value is -2.41. The minimum absolute atomic E-state index is 0.0614. The summed E-state index contributed by atoms with van der Waals surface area (Å²) in [4.78, 5) is 31.3. The Labute approximate surface area is 160 Å². The predicted octanol–water partition coefficient (Wildman–Crippen LogP) is 1.50. The molecule has 1 aromatic carbocycles. The summed E-state index contributed by atoms with van der Waals surface area (Å²) < 4.78 is 1.94. The summed E-state index contributed by atoms with van der Waals surface area (Å²) in [7, 11) is 0. The predicted molar refractivity (Wildman–Crippen MR) is 105 cm³/mol. The van der Waals surface area contributed by atoms with Crippen LogP contribution < -0.4 is 10.6 Å². The van der Waals surface area contributed by atoms with Gasteiger partial charge in [0, 0.05) is 18.6 Å². The van der Waals surface area contributed by atoms with E-state index in [0.717, 1.165) is 34.5 Å². The van der Waals surface area contributed by atoms with Crippen LogP contribution in [0.15, 0.2) is 12.1 Å². The number of piperazine rings is 1. The Kier molecular flexibility index (Phi) is 5.24. The van der Waals surface area contributed by atoms with E-state index in [-0.39, 0.29) is 23.9 Å². The minimum atomic E-state index is -0.297. The Morgan fingerprint density at radius 1 is 1.26 bits per heavy atom. The van der Waals surface area contributed by atoms with E-state index in [1.165, 1.54) is 0 Å². The molecule has 2 amide bonds. The fourth-order valence-corrected chi connectivity index (χ4v) is 3.31. The van der Waals surface area contributed by atoms with Crippen LogP contribution in [0.4, 0.5) is 0 Å². The molecular formula is C20H29N5O2. The number of aromatic nitrogens is 2. The largest absolute Gasteiger partial charge is 0.350 e. The van der Waals surface area contributed by atoms with Crippen LogP contribution in [0.3, 0.4) is 0 Å². The molecule has 1 aromatic heterocycles. The average Bonchev–Trinajstić information content (AvgIpc) is 2.85. The highest BCUT2D eigenvalue weighted by molar-refractivity contribution is 5.83. The van der Waals surface area contributed by atoms with Crippen LogP contribution in [-0.4, -0.2) is 51.4 Å². The van der Waals surface area contributed by atoms with Crippen LogP contribution in [0, 0.1) is 13.8 Å². The zero-order valence-electron chi connectivity index (χ0n) is 16.8. The number of nitrogens with zero attached hydrogens (tertiary/aromatic N) is 3. The number of carbonyl (C=O) groups is 2. The van der Waals surface area contributed by atoms with E-state index in [0.29, 0.717) is 19.6 Å². The van der Waals surface area contributed by atoms with Gasteiger partial charge in [-0.2, -0.15) is 0 Å². The van der Waals surface area contributed by atoms with Crippen molar-refractivity contribution in [1.29, 1.82) is 0 Å². The second-order valence-electron chi connectivity index (χ2n) is 8.33. The molecule has 3 rings (SSSR count). The molecule has 1 aliphatic heterocycles. The fraction of sp³-hybridized carbons (Fsp3) is 0.550. The summed E-state index contributed by atoms with van der Waals surface area (Å²) in [6, 6.07) is 4.12. The Balaban J connectivity index is 1.97. The number of amides is 2. The van der Waals surface area contributed by atoms with Crippen molar-refractivity contribution < 1.29 is 9.59 Å². The standard InChI is InChI=1S/C20H29N5O2/c1-13-8-15-16(9-14(13)2)25(12-18(26)23-20(3,4)5)17(22-15)11-24-7-6-21-10-19(24)27/h8-9,21H,6-7,10-12H2,1-5H3,(H,23,26). The lowest BCUT2D eigenvalue weighted by Gasteiger charge is -2.27. The zero-order valence-corrected chi connectivity index (χ0v) is 16.8. The van der Waals surface area contributed by atoms with Gasteiger partial charge in [0.2, 0.25) is 11.8 Å². The topological polar surface area (TPSA) is 79.3 Å². The summed E-state index contributed by atoms with van der Waals surface area (Å²) in [6.45, 7) is 12.4. The molecule has 146 valence electrons. The number of aryl methyl sites for hydroxylation is 2. The molecule has 7 nitrogen and oxygen atoms in total. The fourth-order valence-electron chi connectivity index (χ4n) is 3.31. The van der Waals surface area contributed by atoms with E-state index >= 15 is 0 Å². The van der Waals surface area contributed by atoms with E-state index in [9.17, 15) is 9.59 Å². The van der Waals surface area contributed by atoms with Crippen molar-refractivity contribution >= 4 is 22.8 Å². The molecule has 1 saturated heterocycles. The van der Waals surface area contributed by atoms with Gasteiger partial charge in [-0.15, -0.1) is 0 Å². The maximum absolute atomic E-state index is 12.6. The molecule has 0 radical (unpaired) electrons. The van der Waals surface area contributed by atoms with Gasteiger partial charge >= 0.3 is 0 Å². The summed E-state index contributed by atoms with van der Waals surface area (Å²) in [5.41, 5.74) is 3.81. The summed E-state index contributed by atoms with van der Waals surface area (Å²) in [5.74, 6) is 0.744. The first-order chi connectivity index (χ1) is 12.6. The van der Waals surface area contributed by atoms with Crippen LogP contribution in [-0.2, 0) is 22.7 Å². The number of rotatable bonds is 4. The number of hydrogen-bond donors (Lipinski definition) is 2. The molecular weight excluding hydrogens is 342 g/mol. The molecule has 2 heterocycles. The van der Waals surface area contributed by atoms with Crippen molar-refractivity contribution in [2.24, 2.45) is 0 Å². The first-order valence-corrected chi connectivity index (χ1v) is 9.40. The third-order valence-corrected chi connectivity index (χ3v) is 4.78. The first kappa shape index (κ1) is 19.4. The third-order valence-electron chi connectivity index (χ3n) is 4.78. The van der Waals surface area contributed by atoms with E-state index in [1.54, 1.807) is 4.90 Å². The van der Waals surface area contributed by atoms with Crippen molar-refractivity contribution in [3.63, 3.8) is 0 Å². The highest BCUT2D eigenvalue weighted by Crippen LogP contribution is 2.22. The molecule has 0 atom stereocenters. The normalized spacial score (nSPS) is 15.4. The minimum Gasteiger partial charge on any atom is -0.350 e. The molecule has 0 unspecified atom stereocenters. The summed E-state index contributed by atoms with van der Waals surface area (Å²) in [6.07, 6.45) is 0. The Bertz CT molecular complexity index is 879. The van der Waals surface area contributed by atoms with Crippen molar-refractivity contribution in [3.8, 4) is 0 Å². The van der Waals surface area contributed by atoms with Gasteiger partial charge in [-0.05, 0) is 57.9 Å². The lowest BCUT2D eigenvalue weighted by Crippen LogP contribution is -2.48. The molecule has 1 fully saturated rings. The van der Waals surface area contributed by atoms with Crippen molar-refractivity contribution in [3.05, 3.63) is 29.1 Å². The molecule has 2 N–H and O–H groups in total. The van der Waals surface area contributed by atoms with E-state index in [2.05, 4.69) is 30.5 Å². The number of imidazole rings is 1. The van der Waals surface area contributed by atoms with Gasteiger partial charge in [0.05, 0.1) is 24.1 Å². The maximum atomic E-state index is 12.6. The molecule has 0 aliphatic carbocycles. The molecule has 0 spiro atoms. The molecule has 2 aromatic rings. The van der Waals surface area contributed by atoms with Gasteiger partial charge in [-0.3, -0.25) is 9.59 Å². The SMILES string of the molecule is Cc1cc2nc(CN3CCNCC3=O)n(CC(=O)NC(C)(C)C)c2cc1C. The highest BCUT2D eigenvalue weighted by Gasteiger charge is 2.23. The molecule has 0 bridgehead atoms. The van der Waals surface area contributed by atoms with Crippen LogP contribution in [0.25, 0.3) is 11.0 Å².